The number of hydrogen-bond acceptors (Lipinski definition) is 4. The van der Waals surface area contributed by atoms with Gasteiger partial charge in [0.2, 0.25) is 0 Å². The minimum atomic E-state index is -0.686. The molecule has 1 aromatic carbocycles. The second-order valence-electron chi connectivity index (χ2n) is 5.53. The van der Waals surface area contributed by atoms with Gasteiger partial charge in [0.25, 0.3) is 0 Å². The highest BCUT2D eigenvalue weighted by Gasteiger charge is 2.35. The van der Waals surface area contributed by atoms with Crippen molar-refractivity contribution in [3.8, 4) is 5.75 Å². The molecule has 0 spiro atoms. The van der Waals surface area contributed by atoms with Crippen LogP contribution in [0.25, 0.3) is 0 Å². The quantitative estimate of drug-likeness (QED) is 0.668. The maximum absolute atomic E-state index is 12.5. The van der Waals surface area contributed by atoms with Crippen molar-refractivity contribution in [1.29, 1.82) is 0 Å². The van der Waals surface area contributed by atoms with Crippen LogP contribution in [0.4, 0.5) is 4.79 Å². The van der Waals surface area contributed by atoms with Crippen LogP contribution in [0.5, 0.6) is 5.75 Å². The van der Waals surface area contributed by atoms with Crippen LogP contribution in [-0.4, -0.2) is 25.2 Å². The van der Waals surface area contributed by atoms with Crippen molar-refractivity contribution in [2.45, 2.75) is 32.9 Å². The van der Waals surface area contributed by atoms with Crippen molar-refractivity contribution >= 4 is 43.9 Å². The number of carbonyl (C=O) groups excluding carboxylic acids is 2. The number of rotatable bonds is 4. The van der Waals surface area contributed by atoms with Crippen LogP contribution in [0.1, 0.15) is 32.4 Å². The van der Waals surface area contributed by atoms with E-state index < -0.39 is 18.0 Å². The molecule has 1 heterocycles. The first-order chi connectivity index (χ1) is 11.2. The van der Waals surface area contributed by atoms with Gasteiger partial charge in [0.1, 0.15) is 5.75 Å². The number of halogens is 2. The minimum absolute atomic E-state index is 0.271. The number of allylic oxidation sites excluding steroid dienone is 1. The number of nitrogens with one attached hydrogen (secondary N) is 2. The summed E-state index contributed by atoms with van der Waals surface area (Å²) in [5.41, 5.74) is 1.43. The molecular formula is C16H18Br2N2O4. The molecule has 130 valence electrons. The summed E-state index contributed by atoms with van der Waals surface area (Å²) in [5.74, 6) is 0.0474. The maximum atomic E-state index is 12.5. The van der Waals surface area contributed by atoms with Crippen molar-refractivity contribution in [1.82, 2.24) is 10.6 Å². The number of ether oxygens (including phenoxy) is 2. The predicted octanol–water partition coefficient (Wildman–Crippen LogP) is 3.80. The Morgan fingerprint density at radius 3 is 2.54 bits per heavy atom. The zero-order valence-electron chi connectivity index (χ0n) is 13.7. The highest BCUT2D eigenvalue weighted by molar-refractivity contribution is 9.11. The van der Waals surface area contributed by atoms with E-state index >= 15 is 0 Å². The molecule has 0 aliphatic carbocycles. The van der Waals surface area contributed by atoms with Crippen LogP contribution < -0.4 is 15.4 Å². The molecule has 1 aliphatic heterocycles. The second-order valence-corrected chi connectivity index (χ2v) is 7.30. The number of hydrogen-bond donors (Lipinski definition) is 2. The lowest BCUT2D eigenvalue weighted by molar-refractivity contribution is -0.143. The monoisotopic (exact) mass is 460 g/mol. The summed E-state index contributed by atoms with van der Waals surface area (Å²) >= 11 is 6.86. The van der Waals surface area contributed by atoms with Gasteiger partial charge in [-0.15, -0.1) is 0 Å². The summed E-state index contributed by atoms with van der Waals surface area (Å²) in [5, 5.41) is 5.38. The van der Waals surface area contributed by atoms with Crippen molar-refractivity contribution in [2.75, 3.05) is 7.11 Å². The lowest BCUT2D eigenvalue weighted by atomic mass is 9.95. The van der Waals surface area contributed by atoms with E-state index in [2.05, 4.69) is 42.5 Å². The van der Waals surface area contributed by atoms with Gasteiger partial charge in [-0.3, -0.25) is 0 Å². The zero-order chi connectivity index (χ0) is 18.0. The fourth-order valence-electron chi connectivity index (χ4n) is 2.49. The molecule has 2 rings (SSSR count). The third kappa shape index (κ3) is 3.92. The molecule has 6 nitrogen and oxygen atoms in total. The van der Waals surface area contributed by atoms with Gasteiger partial charge in [-0.2, -0.15) is 0 Å². The highest BCUT2D eigenvalue weighted by Crippen LogP contribution is 2.40. The average Bonchev–Trinajstić information content (AvgIpc) is 2.44. The van der Waals surface area contributed by atoms with Gasteiger partial charge in [0, 0.05) is 15.7 Å². The Morgan fingerprint density at radius 1 is 1.29 bits per heavy atom. The number of carbonyl (C=O) groups is 2. The van der Waals surface area contributed by atoms with E-state index in [1.54, 1.807) is 26.8 Å². The molecule has 0 saturated carbocycles. The van der Waals surface area contributed by atoms with Crippen LogP contribution in [0.3, 0.4) is 0 Å². The lowest BCUT2D eigenvalue weighted by Gasteiger charge is -2.29. The van der Waals surface area contributed by atoms with Gasteiger partial charge < -0.3 is 20.1 Å². The van der Waals surface area contributed by atoms with Crippen molar-refractivity contribution in [2.24, 2.45) is 0 Å². The molecule has 1 atom stereocenters. The van der Waals surface area contributed by atoms with Crippen molar-refractivity contribution < 1.29 is 19.1 Å². The highest BCUT2D eigenvalue weighted by atomic mass is 79.9. The van der Waals surface area contributed by atoms with Gasteiger partial charge in [-0.05, 0) is 48.8 Å². The number of urea groups is 1. The molecule has 0 saturated heterocycles. The first-order valence-electron chi connectivity index (χ1n) is 7.26. The number of benzene rings is 1. The molecule has 0 aromatic heterocycles. The Labute approximate surface area is 157 Å². The molecule has 8 heteroatoms. The molecule has 0 radical (unpaired) electrons. The molecule has 0 fully saturated rings. The number of amides is 2. The Bertz CT molecular complexity index is 716. The van der Waals surface area contributed by atoms with Gasteiger partial charge in [-0.25, -0.2) is 9.59 Å². The molecule has 1 unspecified atom stereocenters. The van der Waals surface area contributed by atoms with Crippen LogP contribution >= 0.6 is 31.9 Å². The Balaban J connectivity index is 2.59. The normalized spacial score (nSPS) is 17.5. The van der Waals surface area contributed by atoms with Crippen LogP contribution in [0.2, 0.25) is 0 Å². The topological polar surface area (TPSA) is 76.7 Å². The Hall–Kier alpha value is -1.54. The van der Waals surface area contributed by atoms with Crippen molar-refractivity contribution in [3.63, 3.8) is 0 Å². The van der Waals surface area contributed by atoms with E-state index in [1.165, 1.54) is 7.11 Å². The minimum Gasteiger partial charge on any atom is -0.495 e. The van der Waals surface area contributed by atoms with Gasteiger partial charge in [-0.1, -0.05) is 15.9 Å². The third-order valence-corrected chi connectivity index (χ3v) is 4.43. The second kappa shape index (κ2) is 7.57. The largest absolute Gasteiger partial charge is 0.495 e. The van der Waals surface area contributed by atoms with Crippen LogP contribution in [-0.2, 0) is 9.53 Å². The van der Waals surface area contributed by atoms with E-state index in [-0.39, 0.29) is 6.10 Å². The van der Waals surface area contributed by atoms with Gasteiger partial charge >= 0.3 is 12.0 Å². The summed E-state index contributed by atoms with van der Waals surface area (Å²) in [6.07, 6.45) is -0.271. The van der Waals surface area contributed by atoms with Crippen molar-refractivity contribution in [3.05, 3.63) is 37.9 Å². The molecule has 2 amide bonds. The fraction of sp³-hybridized carbons (Fsp3) is 0.375. The fourth-order valence-corrected chi connectivity index (χ4v) is 3.91. The average molecular weight is 462 g/mol. The van der Waals surface area contributed by atoms with E-state index in [0.717, 1.165) is 4.47 Å². The summed E-state index contributed by atoms with van der Waals surface area (Å²) in [7, 11) is 1.53. The van der Waals surface area contributed by atoms with Crippen LogP contribution in [0.15, 0.2) is 32.3 Å². The van der Waals surface area contributed by atoms with Gasteiger partial charge in [0.05, 0.1) is 29.3 Å². The summed E-state index contributed by atoms with van der Waals surface area (Å²) in [6, 6.07) is 2.55. The zero-order valence-corrected chi connectivity index (χ0v) is 16.9. The SMILES string of the molecule is COc1c(Br)cc(Br)cc1C1NC(=O)NC(C)=C1C(=O)OC(C)C. The molecule has 0 bridgehead atoms. The number of esters is 1. The molecule has 2 N–H and O–H groups in total. The summed E-state index contributed by atoms with van der Waals surface area (Å²) in [4.78, 5) is 24.5. The first kappa shape index (κ1) is 18.8. The molecule has 24 heavy (non-hydrogen) atoms. The van der Waals surface area contributed by atoms with Crippen LogP contribution in [0, 0.1) is 0 Å². The molecule has 1 aliphatic rings. The Morgan fingerprint density at radius 2 is 1.96 bits per heavy atom. The molecule has 1 aromatic rings. The third-order valence-electron chi connectivity index (χ3n) is 3.38. The number of methoxy groups -OCH3 is 1. The first-order valence-corrected chi connectivity index (χ1v) is 8.85. The summed E-state index contributed by atoms with van der Waals surface area (Å²) in [6.45, 7) is 5.21. The standard InChI is InChI=1S/C16H18Br2N2O4/c1-7(2)24-15(21)12-8(3)19-16(22)20-13(12)10-5-9(17)6-11(18)14(10)23-4/h5-7,13H,1-4H3,(H2,19,20,22). The Kier molecular flexibility index (Phi) is 5.92. The van der Waals surface area contributed by atoms with E-state index in [0.29, 0.717) is 27.1 Å². The van der Waals surface area contributed by atoms with Gasteiger partial charge in [0.15, 0.2) is 0 Å². The summed E-state index contributed by atoms with van der Waals surface area (Å²) < 4.78 is 12.3. The van der Waals surface area contributed by atoms with E-state index in [4.69, 9.17) is 9.47 Å². The lowest BCUT2D eigenvalue weighted by Crippen LogP contribution is -2.45. The maximum Gasteiger partial charge on any atom is 0.338 e. The van der Waals surface area contributed by atoms with E-state index in [1.807, 2.05) is 6.07 Å². The smallest absolute Gasteiger partial charge is 0.338 e. The van der Waals surface area contributed by atoms with E-state index in [9.17, 15) is 9.59 Å². The molecular weight excluding hydrogens is 444 g/mol. The predicted molar refractivity (Wildman–Crippen MR) is 96.7 cm³/mol.